The van der Waals surface area contributed by atoms with Crippen LogP contribution in [0.2, 0.25) is 0 Å². The van der Waals surface area contributed by atoms with Crippen LogP contribution in [-0.2, 0) is 9.59 Å². The standard InChI is InChI=1S/C16H27N3O2.ClH/c1-18(11-16(21)19-6-4-17-5-7-19)15(20)10-14-9-12-2-3-13(14)8-12;/h12-14,17H,2-11H2,1H3;1H. The van der Waals surface area contributed by atoms with Crippen molar-refractivity contribution in [2.45, 2.75) is 32.1 Å². The van der Waals surface area contributed by atoms with Crippen molar-refractivity contribution in [3.8, 4) is 0 Å². The van der Waals surface area contributed by atoms with Crippen LogP contribution in [0.15, 0.2) is 0 Å². The first-order chi connectivity index (χ1) is 10.1. The summed E-state index contributed by atoms with van der Waals surface area (Å²) in [6, 6.07) is 0. The quantitative estimate of drug-likeness (QED) is 0.841. The van der Waals surface area contributed by atoms with Crippen LogP contribution in [-0.4, -0.2) is 61.4 Å². The molecule has 3 rings (SSSR count). The molecule has 1 aliphatic heterocycles. The maximum Gasteiger partial charge on any atom is 0.242 e. The molecule has 126 valence electrons. The Hall–Kier alpha value is -0.810. The van der Waals surface area contributed by atoms with Gasteiger partial charge in [0.25, 0.3) is 0 Å². The van der Waals surface area contributed by atoms with Gasteiger partial charge in [0.1, 0.15) is 0 Å². The molecule has 5 nitrogen and oxygen atoms in total. The monoisotopic (exact) mass is 329 g/mol. The molecule has 0 aromatic heterocycles. The minimum atomic E-state index is 0. The lowest BCUT2D eigenvalue weighted by Gasteiger charge is -2.30. The van der Waals surface area contributed by atoms with Gasteiger partial charge in [-0.25, -0.2) is 0 Å². The van der Waals surface area contributed by atoms with Gasteiger partial charge in [0.15, 0.2) is 0 Å². The molecule has 2 amide bonds. The summed E-state index contributed by atoms with van der Waals surface area (Å²) in [5.74, 6) is 2.46. The number of hydrogen-bond donors (Lipinski definition) is 1. The highest BCUT2D eigenvalue weighted by Gasteiger charge is 2.40. The Morgan fingerprint density at radius 1 is 1.18 bits per heavy atom. The molecule has 0 radical (unpaired) electrons. The third kappa shape index (κ3) is 3.93. The number of carbonyl (C=O) groups is 2. The Morgan fingerprint density at radius 2 is 1.91 bits per heavy atom. The Bertz CT molecular complexity index is 412. The van der Waals surface area contributed by atoms with Gasteiger partial charge < -0.3 is 15.1 Å². The number of piperazine rings is 1. The fourth-order valence-corrected chi connectivity index (χ4v) is 4.31. The first-order valence-corrected chi connectivity index (χ1v) is 8.36. The second kappa shape index (κ2) is 7.64. The van der Waals surface area contributed by atoms with Crippen molar-refractivity contribution in [1.29, 1.82) is 0 Å². The molecule has 0 spiro atoms. The van der Waals surface area contributed by atoms with Crippen molar-refractivity contribution in [3.63, 3.8) is 0 Å². The minimum Gasteiger partial charge on any atom is -0.339 e. The topological polar surface area (TPSA) is 52.7 Å². The Morgan fingerprint density at radius 3 is 2.50 bits per heavy atom. The lowest BCUT2D eigenvalue weighted by atomic mass is 9.86. The van der Waals surface area contributed by atoms with E-state index >= 15 is 0 Å². The van der Waals surface area contributed by atoms with Gasteiger partial charge in [-0.3, -0.25) is 9.59 Å². The van der Waals surface area contributed by atoms with Crippen molar-refractivity contribution in [3.05, 3.63) is 0 Å². The van der Waals surface area contributed by atoms with Gasteiger partial charge in [-0.15, -0.1) is 12.4 Å². The molecule has 1 heterocycles. The molecule has 22 heavy (non-hydrogen) atoms. The zero-order valence-electron chi connectivity index (χ0n) is 13.4. The summed E-state index contributed by atoms with van der Waals surface area (Å²) in [6.45, 7) is 3.46. The highest BCUT2D eigenvalue weighted by Crippen LogP contribution is 2.49. The van der Waals surface area contributed by atoms with Crippen LogP contribution in [0.4, 0.5) is 0 Å². The summed E-state index contributed by atoms with van der Waals surface area (Å²) in [7, 11) is 1.77. The predicted octanol–water partition coefficient (Wildman–Crippen LogP) is 1.12. The first kappa shape index (κ1) is 17.5. The molecule has 2 aliphatic carbocycles. The van der Waals surface area contributed by atoms with Crippen LogP contribution in [0, 0.1) is 17.8 Å². The van der Waals surface area contributed by atoms with Crippen molar-refractivity contribution < 1.29 is 9.59 Å². The van der Waals surface area contributed by atoms with Gasteiger partial charge in [0, 0.05) is 39.6 Å². The van der Waals surface area contributed by atoms with E-state index < -0.39 is 0 Å². The lowest BCUT2D eigenvalue weighted by Crippen LogP contribution is -2.49. The fourth-order valence-electron chi connectivity index (χ4n) is 4.31. The third-order valence-corrected chi connectivity index (χ3v) is 5.59. The summed E-state index contributed by atoms with van der Waals surface area (Å²) < 4.78 is 0. The first-order valence-electron chi connectivity index (χ1n) is 8.36. The van der Waals surface area contributed by atoms with E-state index in [0.29, 0.717) is 12.3 Å². The zero-order valence-corrected chi connectivity index (χ0v) is 14.2. The molecule has 2 saturated carbocycles. The molecule has 3 fully saturated rings. The smallest absolute Gasteiger partial charge is 0.242 e. The van der Waals surface area contributed by atoms with E-state index in [1.807, 2.05) is 4.90 Å². The van der Waals surface area contributed by atoms with E-state index in [1.165, 1.54) is 25.7 Å². The number of nitrogens with one attached hydrogen (secondary N) is 1. The molecule has 1 saturated heterocycles. The van der Waals surface area contributed by atoms with E-state index in [9.17, 15) is 9.59 Å². The summed E-state index contributed by atoms with van der Waals surface area (Å²) in [5, 5.41) is 3.23. The molecule has 1 N–H and O–H groups in total. The number of amides is 2. The highest BCUT2D eigenvalue weighted by atomic mass is 35.5. The average Bonchev–Trinajstić information content (AvgIpc) is 3.10. The molecular formula is C16H28ClN3O2. The zero-order chi connectivity index (χ0) is 14.8. The fraction of sp³-hybridized carbons (Fsp3) is 0.875. The van der Waals surface area contributed by atoms with Crippen LogP contribution in [0.3, 0.4) is 0 Å². The van der Waals surface area contributed by atoms with Gasteiger partial charge in [-0.1, -0.05) is 6.42 Å². The van der Waals surface area contributed by atoms with Gasteiger partial charge in [-0.2, -0.15) is 0 Å². The number of rotatable bonds is 4. The van der Waals surface area contributed by atoms with Crippen molar-refractivity contribution >= 4 is 24.2 Å². The second-order valence-corrected chi connectivity index (χ2v) is 7.02. The van der Waals surface area contributed by atoms with Crippen molar-refractivity contribution in [1.82, 2.24) is 15.1 Å². The number of likely N-dealkylation sites (N-methyl/N-ethyl adjacent to an activating group) is 1. The van der Waals surface area contributed by atoms with Crippen molar-refractivity contribution in [2.24, 2.45) is 17.8 Å². The van der Waals surface area contributed by atoms with Crippen LogP contribution in [0.25, 0.3) is 0 Å². The van der Waals surface area contributed by atoms with Gasteiger partial charge in [-0.05, 0) is 37.0 Å². The number of halogens is 1. The van der Waals surface area contributed by atoms with Crippen LogP contribution < -0.4 is 5.32 Å². The molecule has 3 aliphatic rings. The minimum absolute atomic E-state index is 0. The maximum atomic E-state index is 12.3. The normalized spacial score (nSPS) is 30.0. The second-order valence-electron chi connectivity index (χ2n) is 7.02. The number of hydrogen-bond acceptors (Lipinski definition) is 3. The summed E-state index contributed by atoms with van der Waals surface area (Å²) in [4.78, 5) is 28.0. The van der Waals surface area contributed by atoms with Gasteiger partial charge in [0.2, 0.25) is 11.8 Å². The molecule has 6 heteroatoms. The number of carbonyl (C=O) groups excluding carboxylic acids is 2. The molecular weight excluding hydrogens is 302 g/mol. The molecule has 3 unspecified atom stereocenters. The summed E-state index contributed by atoms with van der Waals surface area (Å²) in [5.41, 5.74) is 0. The van der Waals surface area contributed by atoms with Crippen molar-refractivity contribution in [2.75, 3.05) is 39.8 Å². The Labute approximate surface area is 139 Å². The molecule has 2 bridgehead atoms. The molecule has 3 atom stereocenters. The predicted molar refractivity (Wildman–Crippen MR) is 87.9 cm³/mol. The van der Waals surface area contributed by atoms with E-state index in [1.54, 1.807) is 11.9 Å². The van der Waals surface area contributed by atoms with Gasteiger partial charge >= 0.3 is 0 Å². The van der Waals surface area contributed by atoms with Crippen LogP contribution in [0.1, 0.15) is 32.1 Å². The number of nitrogens with zero attached hydrogens (tertiary/aromatic N) is 2. The highest BCUT2D eigenvalue weighted by molar-refractivity contribution is 5.85. The molecule has 0 aromatic rings. The SMILES string of the molecule is CN(CC(=O)N1CCNCC1)C(=O)CC1CC2CCC1C2.Cl. The lowest BCUT2D eigenvalue weighted by molar-refractivity contribution is -0.140. The molecule has 0 aromatic carbocycles. The van der Waals surface area contributed by atoms with Gasteiger partial charge in [0.05, 0.1) is 6.54 Å². The Balaban J connectivity index is 0.00000176. The average molecular weight is 330 g/mol. The van der Waals surface area contributed by atoms with E-state index in [-0.39, 0.29) is 30.8 Å². The van der Waals surface area contributed by atoms with E-state index in [0.717, 1.165) is 38.0 Å². The van der Waals surface area contributed by atoms with E-state index in [4.69, 9.17) is 0 Å². The van der Waals surface area contributed by atoms with E-state index in [2.05, 4.69) is 5.32 Å². The summed E-state index contributed by atoms with van der Waals surface area (Å²) in [6.07, 6.45) is 5.89. The van der Waals surface area contributed by atoms with Crippen LogP contribution >= 0.6 is 12.4 Å². The van der Waals surface area contributed by atoms with Crippen LogP contribution in [0.5, 0.6) is 0 Å². The number of fused-ring (bicyclic) bond motifs is 2. The third-order valence-electron chi connectivity index (χ3n) is 5.59. The largest absolute Gasteiger partial charge is 0.339 e. The maximum absolute atomic E-state index is 12.3. The Kier molecular flexibility index (Phi) is 6.09. The summed E-state index contributed by atoms with van der Waals surface area (Å²) >= 11 is 0.